The zero-order chi connectivity index (χ0) is 28.7. The molecule has 41 heavy (non-hydrogen) atoms. The highest BCUT2D eigenvalue weighted by Gasteiger charge is 2.57. The molecule has 4 aromatic carbocycles. The molecule has 2 aliphatic heterocycles. The van der Waals surface area contributed by atoms with Crippen LogP contribution in [0.15, 0.2) is 78.9 Å². The van der Waals surface area contributed by atoms with Crippen LogP contribution in [0.3, 0.4) is 0 Å². The summed E-state index contributed by atoms with van der Waals surface area (Å²) in [5, 5.41) is 11.2. The Morgan fingerprint density at radius 1 is 0.780 bits per heavy atom. The van der Waals surface area contributed by atoms with Crippen molar-refractivity contribution in [3.63, 3.8) is 0 Å². The minimum atomic E-state index is -1.17. The normalized spacial score (nSPS) is 14.0. The van der Waals surface area contributed by atoms with Gasteiger partial charge in [-0.15, -0.1) is 0 Å². The number of carbonyl (C=O) groups excluding carboxylic acids is 2. The van der Waals surface area contributed by atoms with E-state index in [2.05, 4.69) is 33.5 Å². The molecule has 3 amide bonds. The molecular formula is C33H33N5O3. The molecule has 0 saturated carbocycles. The van der Waals surface area contributed by atoms with Crippen LogP contribution in [-0.4, -0.2) is 30.0 Å². The van der Waals surface area contributed by atoms with E-state index in [1.165, 1.54) is 5.01 Å². The number of nitrogens with one attached hydrogen (secondary N) is 4. The van der Waals surface area contributed by atoms with Crippen molar-refractivity contribution in [2.45, 2.75) is 33.2 Å². The van der Waals surface area contributed by atoms with Gasteiger partial charge in [-0.25, -0.2) is 15.2 Å². The van der Waals surface area contributed by atoms with Gasteiger partial charge >= 0.3 is 6.03 Å². The van der Waals surface area contributed by atoms with Crippen LogP contribution in [0.25, 0.3) is 0 Å². The van der Waals surface area contributed by atoms with Gasteiger partial charge in [0.15, 0.2) is 0 Å². The van der Waals surface area contributed by atoms with E-state index < -0.39 is 11.6 Å². The van der Waals surface area contributed by atoms with Gasteiger partial charge in [0.1, 0.15) is 17.0 Å². The van der Waals surface area contributed by atoms with E-state index >= 15 is 0 Å². The summed E-state index contributed by atoms with van der Waals surface area (Å²) in [7, 11) is 0. The fraction of sp³-hybridized carbons (Fsp3) is 0.212. The van der Waals surface area contributed by atoms with Gasteiger partial charge in [-0.2, -0.15) is 0 Å². The van der Waals surface area contributed by atoms with Crippen LogP contribution in [0.5, 0.6) is 11.5 Å². The van der Waals surface area contributed by atoms with Crippen molar-refractivity contribution in [1.82, 2.24) is 10.4 Å². The van der Waals surface area contributed by atoms with Crippen LogP contribution < -0.4 is 26.1 Å². The van der Waals surface area contributed by atoms with Crippen molar-refractivity contribution in [3.05, 3.63) is 112 Å². The predicted octanol–water partition coefficient (Wildman–Crippen LogP) is 6.76. The van der Waals surface area contributed by atoms with E-state index in [4.69, 9.17) is 4.74 Å². The number of nitrogens with zero attached hydrogens (tertiary/aromatic N) is 1. The lowest BCUT2D eigenvalue weighted by atomic mass is 9.74. The number of aryl methyl sites for hydroxylation is 2. The zero-order valence-corrected chi connectivity index (χ0v) is 23.6. The van der Waals surface area contributed by atoms with Crippen LogP contribution >= 0.6 is 0 Å². The van der Waals surface area contributed by atoms with Gasteiger partial charge in [0.05, 0.1) is 0 Å². The van der Waals surface area contributed by atoms with E-state index in [0.29, 0.717) is 22.7 Å². The Kier molecular flexibility index (Phi) is 6.53. The van der Waals surface area contributed by atoms with Crippen molar-refractivity contribution in [2.75, 3.05) is 29.0 Å². The third kappa shape index (κ3) is 4.14. The highest BCUT2D eigenvalue weighted by molar-refractivity contribution is 6.04. The molecule has 4 N–H and O–H groups in total. The fourth-order valence-electron chi connectivity index (χ4n) is 5.96. The average molecular weight is 548 g/mol. The summed E-state index contributed by atoms with van der Waals surface area (Å²) in [5.41, 5.74) is 9.13. The zero-order valence-electron chi connectivity index (χ0n) is 23.6. The van der Waals surface area contributed by atoms with Crippen molar-refractivity contribution < 1.29 is 14.3 Å². The molecule has 0 aromatic heterocycles. The topological polar surface area (TPSA) is 94.7 Å². The number of para-hydroxylation sites is 1. The molecule has 0 atom stereocenters. The Bertz CT molecular complexity index is 1610. The molecular weight excluding hydrogens is 514 g/mol. The third-order valence-electron chi connectivity index (χ3n) is 7.72. The number of anilines is 3. The van der Waals surface area contributed by atoms with E-state index in [9.17, 15) is 9.59 Å². The first kappa shape index (κ1) is 26.3. The molecule has 1 spiro atoms. The van der Waals surface area contributed by atoms with E-state index in [0.717, 1.165) is 52.3 Å². The first-order valence-corrected chi connectivity index (χ1v) is 13.9. The van der Waals surface area contributed by atoms with Gasteiger partial charge in [0.25, 0.3) is 5.91 Å². The average Bonchev–Trinajstić information content (AvgIpc) is 3.20. The van der Waals surface area contributed by atoms with E-state index in [1.807, 2.05) is 82.3 Å². The number of ether oxygens (including phenoxy) is 1. The molecule has 4 aromatic rings. The van der Waals surface area contributed by atoms with Gasteiger partial charge in [-0.05, 0) is 69.2 Å². The maximum atomic E-state index is 14.2. The molecule has 0 aliphatic carbocycles. The smallest absolute Gasteiger partial charge is 0.338 e. The lowest BCUT2D eigenvalue weighted by Crippen LogP contribution is -2.56. The Labute approximate surface area is 239 Å². The van der Waals surface area contributed by atoms with Crippen LogP contribution in [0.4, 0.5) is 21.9 Å². The van der Waals surface area contributed by atoms with E-state index in [-0.39, 0.29) is 5.91 Å². The lowest BCUT2D eigenvalue weighted by Gasteiger charge is -2.44. The minimum absolute atomic E-state index is 0.301. The van der Waals surface area contributed by atoms with Crippen LogP contribution in [0, 0.1) is 13.8 Å². The summed E-state index contributed by atoms with van der Waals surface area (Å²) in [6.45, 7) is 9.66. The maximum absolute atomic E-state index is 14.2. The second-order valence-electron chi connectivity index (χ2n) is 10.3. The largest absolute Gasteiger partial charge is 0.456 e. The Morgan fingerprint density at radius 2 is 1.34 bits per heavy atom. The first-order valence-electron chi connectivity index (χ1n) is 13.9. The molecule has 6 rings (SSSR count). The van der Waals surface area contributed by atoms with Crippen LogP contribution in [0.1, 0.15) is 52.0 Å². The molecule has 208 valence electrons. The molecule has 0 radical (unpaired) electrons. The van der Waals surface area contributed by atoms with Crippen LogP contribution in [-0.2, 0) is 5.54 Å². The lowest BCUT2D eigenvalue weighted by molar-refractivity contribution is 0.0559. The van der Waals surface area contributed by atoms with Gasteiger partial charge in [0, 0.05) is 64.5 Å². The van der Waals surface area contributed by atoms with Crippen molar-refractivity contribution in [2.24, 2.45) is 0 Å². The molecule has 0 bridgehead atoms. The second-order valence-corrected chi connectivity index (χ2v) is 10.3. The molecule has 2 heterocycles. The summed E-state index contributed by atoms with van der Waals surface area (Å²) in [4.78, 5) is 27.7. The Balaban J connectivity index is 1.61. The predicted molar refractivity (Wildman–Crippen MR) is 162 cm³/mol. The minimum Gasteiger partial charge on any atom is -0.456 e. The number of hydrogen-bond acceptors (Lipinski definition) is 5. The molecule has 0 fully saturated rings. The monoisotopic (exact) mass is 547 g/mol. The Morgan fingerprint density at radius 3 is 1.93 bits per heavy atom. The standard InChI is InChI=1S/C33H33N5O3/c1-5-34-27-18-29-25(16-20(27)3)33(26-17-21(4)28(35-6-2)19-30(26)41-29)24-15-11-10-14-23(24)31(39)38(33)37-32(40)36-22-12-8-7-9-13-22/h7-19,34-35H,5-6H2,1-4H3,(H2,36,37,40). The summed E-state index contributed by atoms with van der Waals surface area (Å²) in [5.74, 6) is 0.930. The molecule has 2 aliphatic rings. The fourth-order valence-corrected chi connectivity index (χ4v) is 5.96. The number of amides is 3. The van der Waals surface area contributed by atoms with Gasteiger partial charge in [-0.3, -0.25) is 4.79 Å². The summed E-state index contributed by atoms with van der Waals surface area (Å²) in [6, 6.07) is 24.3. The number of fused-ring (bicyclic) bond motifs is 6. The summed E-state index contributed by atoms with van der Waals surface area (Å²) < 4.78 is 6.60. The maximum Gasteiger partial charge on any atom is 0.338 e. The number of hydrazine groups is 1. The molecule has 8 heteroatoms. The quantitative estimate of drug-likeness (QED) is 0.214. The van der Waals surface area contributed by atoms with Gasteiger partial charge < -0.3 is 20.7 Å². The van der Waals surface area contributed by atoms with Crippen LogP contribution in [0.2, 0.25) is 0 Å². The van der Waals surface area contributed by atoms with Gasteiger partial charge in [0.2, 0.25) is 0 Å². The SMILES string of the molecule is CCNc1cc2c(cc1C)C1(c3cc(C)c(NCC)cc3O2)c2ccccc2C(=O)N1NC(=O)Nc1ccccc1. The molecule has 0 saturated heterocycles. The molecule has 0 unspecified atom stereocenters. The number of benzene rings is 4. The number of rotatable bonds is 6. The summed E-state index contributed by atoms with van der Waals surface area (Å²) >= 11 is 0. The van der Waals surface area contributed by atoms with E-state index in [1.54, 1.807) is 12.1 Å². The number of carbonyl (C=O) groups is 2. The van der Waals surface area contributed by atoms with Crippen molar-refractivity contribution in [1.29, 1.82) is 0 Å². The summed E-state index contributed by atoms with van der Waals surface area (Å²) in [6.07, 6.45) is 0. The Hall–Kier alpha value is -4.98. The van der Waals surface area contributed by atoms with Crippen molar-refractivity contribution in [3.8, 4) is 11.5 Å². The first-order chi connectivity index (χ1) is 19.9. The number of hydrogen-bond donors (Lipinski definition) is 4. The third-order valence-corrected chi connectivity index (χ3v) is 7.72. The highest BCUT2D eigenvalue weighted by atomic mass is 16.5. The second kappa shape index (κ2) is 10.2. The highest BCUT2D eigenvalue weighted by Crippen LogP contribution is 2.58. The number of urea groups is 1. The van der Waals surface area contributed by atoms with Gasteiger partial charge in [-0.1, -0.05) is 36.4 Å². The molecule has 8 nitrogen and oxygen atoms in total. The van der Waals surface area contributed by atoms with Crippen molar-refractivity contribution >= 4 is 29.0 Å².